The Morgan fingerprint density at radius 2 is 2.47 bits per heavy atom. The third-order valence-corrected chi connectivity index (χ3v) is 2.55. The molecule has 1 heterocycles. The maximum Gasteiger partial charge on any atom is 0.145 e. The van der Waals surface area contributed by atoms with Crippen molar-refractivity contribution in [3.05, 3.63) is 48.3 Å². The van der Waals surface area contributed by atoms with Gasteiger partial charge in [0.15, 0.2) is 0 Å². The molecule has 17 heavy (non-hydrogen) atoms. The molecular weight excluding hydrogens is 219 g/mol. The predicted molar refractivity (Wildman–Crippen MR) is 65.5 cm³/mol. The monoisotopic (exact) mass is 234 g/mol. The van der Waals surface area contributed by atoms with Crippen LogP contribution in [0, 0.1) is 5.82 Å². The first kappa shape index (κ1) is 11.8. The lowest BCUT2D eigenvalue weighted by Crippen LogP contribution is -2.27. The minimum atomic E-state index is -0.251. The number of oxime groups is 1. The van der Waals surface area contributed by atoms with Crippen molar-refractivity contribution in [2.24, 2.45) is 5.16 Å². The highest BCUT2D eigenvalue weighted by atomic mass is 19.1. The second-order valence-electron chi connectivity index (χ2n) is 3.93. The number of hydrogen-bond donors (Lipinski definition) is 1. The summed E-state index contributed by atoms with van der Waals surface area (Å²) in [5.74, 6) is -0.251. The topological polar surface area (TPSA) is 33.6 Å². The molecule has 0 aliphatic carbocycles. The number of nitrogens with zero attached hydrogens (tertiary/aromatic N) is 1. The maximum atomic E-state index is 13.0. The van der Waals surface area contributed by atoms with Crippen molar-refractivity contribution in [2.45, 2.75) is 12.5 Å². The minimum absolute atomic E-state index is 0.0215. The molecule has 0 amide bonds. The summed E-state index contributed by atoms with van der Waals surface area (Å²) in [4.78, 5) is 5.28. The van der Waals surface area contributed by atoms with Crippen LogP contribution in [0.4, 0.5) is 4.39 Å². The molecule has 1 N–H and O–H groups in total. The molecule has 4 heteroatoms. The summed E-state index contributed by atoms with van der Waals surface area (Å²) in [5, 5.41) is 7.16. The van der Waals surface area contributed by atoms with Crippen molar-refractivity contribution in [3.63, 3.8) is 0 Å². The van der Waals surface area contributed by atoms with Crippen LogP contribution in [0.2, 0.25) is 0 Å². The molecule has 90 valence electrons. The summed E-state index contributed by atoms with van der Waals surface area (Å²) in [5.41, 5.74) is 1.59. The van der Waals surface area contributed by atoms with Gasteiger partial charge in [-0.25, -0.2) is 4.39 Å². The zero-order valence-corrected chi connectivity index (χ0v) is 9.53. The van der Waals surface area contributed by atoms with Crippen LogP contribution in [0.3, 0.4) is 0 Å². The molecule has 0 unspecified atom stereocenters. The van der Waals surface area contributed by atoms with Crippen molar-refractivity contribution in [3.8, 4) is 0 Å². The second-order valence-corrected chi connectivity index (χ2v) is 3.93. The minimum Gasteiger partial charge on any atom is -0.390 e. The van der Waals surface area contributed by atoms with E-state index in [0.717, 1.165) is 17.8 Å². The summed E-state index contributed by atoms with van der Waals surface area (Å²) < 4.78 is 13.0. The summed E-state index contributed by atoms with van der Waals surface area (Å²) in [6, 6.07) is 6.41. The van der Waals surface area contributed by atoms with Crippen LogP contribution in [0.25, 0.3) is 0 Å². The van der Waals surface area contributed by atoms with E-state index in [9.17, 15) is 4.39 Å². The lowest BCUT2D eigenvalue weighted by molar-refractivity contribution is 0.0859. The molecule has 1 aromatic carbocycles. The summed E-state index contributed by atoms with van der Waals surface area (Å²) in [6.07, 6.45) is 2.52. The van der Waals surface area contributed by atoms with Gasteiger partial charge in [0.2, 0.25) is 0 Å². The third-order valence-electron chi connectivity index (χ3n) is 2.55. The number of hydrogen-bond acceptors (Lipinski definition) is 3. The molecule has 1 aliphatic rings. The van der Waals surface area contributed by atoms with E-state index in [1.165, 1.54) is 12.1 Å². The van der Waals surface area contributed by atoms with Crippen LogP contribution in [0.1, 0.15) is 12.0 Å². The van der Waals surface area contributed by atoms with E-state index >= 15 is 0 Å². The Hall–Kier alpha value is -1.68. The number of nitrogens with one attached hydrogen (secondary N) is 1. The van der Waals surface area contributed by atoms with Gasteiger partial charge in [-0.05, 0) is 12.1 Å². The Labute approximate surface area is 100.0 Å². The lowest BCUT2D eigenvalue weighted by Gasteiger charge is -2.07. The van der Waals surface area contributed by atoms with Crippen molar-refractivity contribution in [1.29, 1.82) is 0 Å². The largest absolute Gasteiger partial charge is 0.390 e. The Morgan fingerprint density at radius 1 is 1.59 bits per heavy atom. The Bertz CT molecular complexity index is 431. The molecule has 0 radical (unpaired) electrons. The first-order valence-corrected chi connectivity index (χ1v) is 5.60. The van der Waals surface area contributed by atoms with E-state index < -0.39 is 0 Å². The Kier molecular flexibility index (Phi) is 3.88. The van der Waals surface area contributed by atoms with Gasteiger partial charge in [-0.3, -0.25) is 0 Å². The van der Waals surface area contributed by atoms with E-state index in [1.807, 2.05) is 6.07 Å². The number of rotatable bonds is 5. The zero-order chi connectivity index (χ0) is 12.1. The second kappa shape index (κ2) is 5.59. The van der Waals surface area contributed by atoms with Gasteiger partial charge in [-0.15, -0.1) is 6.58 Å². The molecule has 1 aromatic rings. The first-order valence-electron chi connectivity index (χ1n) is 5.60. The fourth-order valence-electron chi connectivity index (χ4n) is 1.72. The van der Waals surface area contributed by atoms with Crippen LogP contribution >= 0.6 is 0 Å². The number of benzene rings is 1. The van der Waals surface area contributed by atoms with Gasteiger partial charge in [0.25, 0.3) is 0 Å². The van der Waals surface area contributed by atoms with Gasteiger partial charge in [0, 0.05) is 25.1 Å². The molecule has 0 saturated carbocycles. The van der Waals surface area contributed by atoms with E-state index in [-0.39, 0.29) is 11.9 Å². The molecule has 1 aliphatic heterocycles. The number of halogens is 1. The molecule has 0 aromatic heterocycles. The van der Waals surface area contributed by atoms with Gasteiger partial charge >= 0.3 is 0 Å². The predicted octanol–water partition coefficient (Wildman–Crippen LogP) is 2.09. The van der Waals surface area contributed by atoms with E-state index in [2.05, 4.69) is 17.1 Å². The smallest absolute Gasteiger partial charge is 0.145 e. The molecular formula is C13H15FN2O. The fourth-order valence-corrected chi connectivity index (χ4v) is 1.72. The lowest BCUT2D eigenvalue weighted by atomic mass is 10.1. The van der Waals surface area contributed by atoms with Crippen molar-refractivity contribution in [2.75, 3.05) is 13.1 Å². The average Bonchev–Trinajstić information content (AvgIpc) is 2.78. The molecule has 0 saturated heterocycles. The van der Waals surface area contributed by atoms with Gasteiger partial charge in [0.1, 0.15) is 11.9 Å². The van der Waals surface area contributed by atoms with E-state index in [0.29, 0.717) is 13.0 Å². The van der Waals surface area contributed by atoms with Crippen LogP contribution in [0.5, 0.6) is 0 Å². The molecule has 0 fully saturated rings. The Morgan fingerprint density at radius 3 is 3.24 bits per heavy atom. The summed E-state index contributed by atoms with van der Waals surface area (Å²) in [7, 11) is 0. The maximum absolute atomic E-state index is 13.0. The van der Waals surface area contributed by atoms with E-state index in [4.69, 9.17) is 4.84 Å². The Balaban J connectivity index is 1.91. The molecule has 2 rings (SSSR count). The molecule has 1 atom stereocenters. The van der Waals surface area contributed by atoms with Crippen LogP contribution in [-0.2, 0) is 4.84 Å². The van der Waals surface area contributed by atoms with Gasteiger partial charge in [-0.2, -0.15) is 0 Å². The first-order chi connectivity index (χ1) is 8.29. The highest BCUT2D eigenvalue weighted by molar-refractivity contribution is 6.01. The molecule has 0 spiro atoms. The summed E-state index contributed by atoms with van der Waals surface area (Å²) in [6.45, 7) is 5.09. The van der Waals surface area contributed by atoms with Crippen molar-refractivity contribution < 1.29 is 9.23 Å². The average molecular weight is 234 g/mol. The van der Waals surface area contributed by atoms with Crippen molar-refractivity contribution in [1.82, 2.24) is 5.32 Å². The van der Waals surface area contributed by atoms with Gasteiger partial charge < -0.3 is 10.2 Å². The normalized spacial score (nSPS) is 18.6. The van der Waals surface area contributed by atoms with Crippen LogP contribution in [-0.4, -0.2) is 24.9 Å². The van der Waals surface area contributed by atoms with Crippen molar-refractivity contribution >= 4 is 5.71 Å². The highest BCUT2D eigenvalue weighted by Crippen LogP contribution is 2.16. The highest BCUT2D eigenvalue weighted by Gasteiger charge is 2.21. The van der Waals surface area contributed by atoms with Gasteiger partial charge in [-0.1, -0.05) is 23.4 Å². The van der Waals surface area contributed by atoms with Gasteiger partial charge in [0.05, 0.1) is 5.71 Å². The van der Waals surface area contributed by atoms with E-state index in [1.54, 1.807) is 12.1 Å². The van der Waals surface area contributed by atoms with Crippen LogP contribution in [0.15, 0.2) is 42.1 Å². The molecule has 0 bridgehead atoms. The SMILES string of the molecule is C=CCNC[C@@H]1CC(c2cccc(F)c2)=NO1. The third kappa shape index (κ3) is 3.14. The van der Waals surface area contributed by atoms with Crippen LogP contribution < -0.4 is 5.32 Å². The quantitative estimate of drug-likeness (QED) is 0.625. The molecule has 3 nitrogen and oxygen atoms in total. The zero-order valence-electron chi connectivity index (χ0n) is 9.53. The summed E-state index contributed by atoms with van der Waals surface area (Å²) >= 11 is 0. The fraction of sp³-hybridized carbons (Fsp3) is 0.308. The standard InChI is InChI=1S/C13H15FN2O/c1-2-6-15-9-12-8-13(16-17-12)10-4-3-5-11(14)7-10/h2-5,7,12,15H,1,6,8-9H2/t12-/m0/s1.